The van der Waals surface area contributed by atoms with E-state index in [2.05, 4.69) is 5.32 Å². The molecule has 0 atom stereocenters. The van der Waals surface area contributed by atoms with Crippen LogP contribution < -0.4 is 5.32 Å². The summed E-state index contributed by atoms with van der Waals surface area (Å²) < 4.78 is -0.293. The molecule has 1 fully saturated rings. The average molecular weight is 249 g/mol. The zero-order valence-corrected chi connectivity index (χ0v) is 10.3. The van der Waals surface area contributed by atoms with Crippen LogP contribution in [0, 0.1) is 0 Å². The maximum absolute atomic E-state index is 12.2. The summed E-state index contributed by atoms with van der Waals surface area (Å²) in [6.45, 7) is 0. The van der Waals surface area contributed by atoms with E-state index >= 15 is 0 Å². The summed E-state index contributed by atoms with van der Waals surface area (Å²) in [5.74, 6) is 0.227. The molecule has 1 heterocycles. The number of fused-ring (bicyclic) bond motifs is 1. The minimum Gasteiger partial charge on any atom is -0.506 e. The third kappa shape index (κ3) is 1.71. The van der Waals surface area contributed by atoms with Crippen LogP contribution in [-0.4, -0.2) is 15.8 Å². The number of hydrogen-bond donors (Lipinski definition) is 2. The molecule has 1 aliphatic heterocycles. The van der Waals surface area contributed by atoms with Gasteiger partial charge in [-0.25, -0.2) is 0 Å². The molecule has 0 aromatic heterocycles. The summed E-state index contributed by atoms with van der Waals surface area (Å²) in [4.78, 5) is 13.2. The number of rotatable bonds is 0. The first kappa shape index (κ1) is 11.0. The first-order valence-corrected chi connectivity index (χ1v) is 6.85. The van der Waals surface area contributed by atoms with Crippen molar-refractivity contribution in [1.29, 1.82) is 0 Å². The molecule has 17 heavy (non-hydrogen) atoms. The number of para-hydroxylation sites is 1. The highest BCUT2D eigenvalue weighted by molar-refractivity contribution is 8.01. The minimum atomic E-state index is -0.293. The topological polar surface area (TPSA) is 49.3 Å². The van der Waals surface area contributed by atoms with Gasteiger partial charge in [0.25, 0.3) is 0 Å². The minimum absolute atomic E-state index is 0.0659. The molecule has 1 aliphatic carbocycles. The second-order valence-corrected chi connectivity index (χ2v) is 6.19. The highest BCUT2D eigenvalue weighted by Gasteiger charge is 2.44. The van der Waals surface area contributed by atoms with Gasteiger partial charge >= 0.3 is 0 Å². The molecule has 0 saturated heterocycles. The molecular formula is C13H15NO2S. The normalized spacial score (nSPS) is 22.0. The Kier molecular flexibility index (Phi) is 2.54. The molecule has 4 heteroatoms. The van der Waals surface area contributed by atoms with Gasteiger partial charge in [0.1, 0.15) is 5.75 Å². The number of carbonyl (C=O) groups is 1. The first-order valence-electron chi connectivity index (χ1n) is 6.04. The molecule has 0 unspecified atom stereocenters. The predicted octanol–water partition coefficient (Wildman–Crippen LogP) is 3.14. The van der Waals surface area contributed by atoms with Gasteiger partial charge in [-0.2, -0.15) is 0 Å². The van der Waals surface area contributed by atoms with Crippen molar-refractivity contribution < 1.29 is 9.90 Å². The Bertz CT molecular complexity index is 466. The summed E-state index contributed by atoms with van der Waals surface area (Å²) in [6, 6.07) is 5.41. The van der Waals surface area contributed by atoms with E-state index in [1.165, 1.54) is 6.42 Å². The van der Waals surface area contributed by atoms with Gasteiger partial charge in [-0.3, -0.25) is 4.79 Å². The van der Waals surface area contributed by atoms with Crippen molar-refractivity contribution >= 4 is 23.4 Å². The monoisotopic (exact) mass is 249 g/mol. The largest absolute Gasteiger partial charge is 0.506 e. The van der Waals surface area contributed by atoms with E-state index in [0.717, 1.165) is 30.6 Å². The van der Waals surface area contributed by atoms with Crippen LogP contribution in [-0.2, 0) is 4.79 Å². The molecule has 1 aromatic carbocycles. The molecule has 2 N–H and O–H groups in total. The molecule has 3 rings (SSSR count). The van der Waals surface area contributed by atoms with Gasteiger partial charge in [0.2, 0.25) is 5.91 Å². The van der Waals surface area contributed by atoms with Gasteiger partial charge in [0.15, 0.2) is 0 Å². The number of carbonyl (C=O) groups excluding carboxylic acids is 1. The van der Waals surface area contributed by atoms with Crippen LogP contribution in [0.25, 0.3) is 0 Å². The number of nitrogens with one attached hydrogen (secondary N) is 1. The maximum atomic E-state index is 12.2. The fourth-order valence-corrected chi connectivity index (χ4v) is 4.13. The number of hydrogen-bond acceptors (Lipinski definition) is 3. The summed E-state index contributed by atoms with van der Waals surface area (Å²) in [6.07, 6.45) is 5.35. The summed E-state index contributed by atoms with van der Waals surface area (Å²) >= 11 is 1.63. The number of phenols is 1. The fraction of sp³-hybridized carbons (Fsp3) is 0.462. The van der Waals surface area contributed by atoms with Gasteiger partial charge in [-0.1, -0.05) is 25.3 Å². The first-order chi connectivity index (χ1) is 8.21. The van der Waals surface area contributed by atoms with Crippen molar-refractivity contribution in [3.05, 3.63) is 18.2 Å². The molecule has 1 aromatic rings. The van der Waals surface area contributed by atoms with Crippen molar-refractivity contribution in [3.8, 4) is 5.75 Å². The fourth-order valence-electron chi connectivity index (χ4n) is 2.67. The lowest BCUT2D eigenvalue weighted by Crippen LogP contribution is -2.44. The smallest absolute Gasteiger partial charge is 0.241 e. The Balaban J connectivity index is 2.00. The zero-order chi connectivity index (χ0) is 11.9. The van der Waals surface area contributed by atoms with Crippen molar-refractivity contribution in [1.82, 2.24) is 0 Å². The van der Waals surface area contributed by atoms with Crippen molar-refractivity contribution in [2.45, 2.75) is 41.7 Å². The van der Waals surface area contributed by atoms with E-state index in [-0.39, 0.29) is 16.4 Å². The van der Waals surface area contributed by atoms with E-state index in [1.807, 2.05) is 12.1 Å². The number of anilines is 1. The van der Waals surface area contributed by atoms with Gasteiger partial charge < -0.3 is 10.4 Å². The third-order valence-corrected chi connectivity index (χ3v) is 5.17. The van der Waals surface area contributed by atoms with Gasteiger partial charge in [0, 0.05) is 4.90 Å². The Hall–Kier alpha value is -1.16. The Morgan fingerprint density at radius 2 is 2.00 bits per heavy atom. The van der Waals surface area contributed by atoms with Crippen LogP contribution in [0.15, 0.2) is 23.1 Å². The van der Waals surface area contributed by atoms with Crippen LogP contribution >= 0.6 is 11.8 Å². The third-order valence-electron chi connectivity index (χ3n) is 3.62. The molecule has 0 bridgehead atoms. The molecule has 90 valence electrons. The van der Waals surface area contributed by atoms with E-state index in [0.29, 0.717) is 5.69 Å². The average Bonchev–Trinajstić information content (AvgIpc) is 2.33. The second kappa shape index (κ2) is 3.95. The van der Waals surface area contributed by atoms with Gasteiger partial charge in [-0.15, -0.1) is 11.8 Å². The van der Waals surface area contributed by atoms with Crippen LogP contribution in [0.4, 0.5) is 5.69 Å². The number of aromatic hydroxyl groups is 1. The van der Waals surface area contributed by atoms with E-state index in [1.54, 1.807) is 17.8 Å². The highest BCUT2D eigenvalue weighted by Crippen LogP contribution is 2.51. The quantitative estimate of drug-likeness (QED) is 0.694. The van der Waals surface area contributed by atoms with Crippen molar-refractivity contribution in [2.24, 2.45) is 0 Å². The maximum Gasteiger partial charge on any atom is 0.241 e. The Labute approximate surface area is 105 Å². The molecule has 0 radical (unpaired) electrons. The van der Waals surface area contributed by atoms with Crippen LogP contribution in [0.5, 0.6) is 5.75 Å². The molecule has 1 amide bonds. The van der Waals surface area contributed by atoms with Crippen LogP contribution in [0.3, 0.4) is 0 Å². The Morgan fingerprint density at radius 3 is 2.76 bits per heavy atom. The summed E-state index contributed by atoms with van der Waals surface area (Å²) in [5.41, 5.74) is 0.582. The number of phenolic OH excluding ortho intramolecular Hbond substituents is 1. The summed E-state index contributed by atoms with van der Waals surface area (Å²) in [7, 11) is 0. The highest BCUT2D eigenvalue weighted by atomic mass is 32.2. The second-order valence-electron chi connectivity index (χ2n) is 4.76. The lowest BCUT2D eigenvalue weighted by Gasteiger charge is -2.39. The Morgan fingerprint density at radius 1 is 1.24 bits per heavy atom. The molecule has 1 spiro atoms. The van der Waals surface area contributed by atoms with E-state index in [4.69, 9.17) is 0 Å². The van der Waals surface area contributed by atoms with Gasteiger partial charge in [-0.05, 0) is 25.0 Å². The number of thioether (sulfide) groups is 1. The van der Waals surface area contributed by atoms with Crippen molar-refractivity contribution in [2.75, 3.05) is 5.32 Å². The lowest BCUT2D eigenvalue weighted by molar-refractivity contribution is -0.119. The van der Waals surface area contributed by atoms with Crippen LogP contribution in [0.1, 0.15) is 32.1 Å². The summed E-state index contributed by atoms with van der Waals surface area (Å²) in [5, 5.41) is 12.6. The van der Waals surface area contributed by atoms with Gasteiger partial charge in [0.05, 0.1) is 10.4 Å². The predicted molar refractivity (Wildman–Crippen MR) is 68.4 cm³/mol. The standard InChI is InChI=1S/C13H15NO2S/c15-9-5-4-6-10-11(9)14-12(16)13(17-10)7-2-1-3-8-13/h4-6,15H,1-3,7-8H2,(H,14,16). The van der Waals surface area contributed by atoms with Crippen molar-refractivity contribution in [3.63, 3.8) is 0 Å². The SMILES string of the molecule is O=C1Nc2c(O)cccc2SC12CCCCC2. The number of amides is 1. The van der Waals surface area contributed by atoms with Crippen LogP contribution in [0.2, 0.25) is 0 Å². The molecule has 2 aliphatic rings. The number of benzene rings is 1. The lowest BCUT2D eigenvalue weighted by atomic mass is 9.87. The van der Waals surface area contributed by atoms with E-state index < -0.39 is 0 Å². The molecule has 1 saturated carbocycles. The zero-order valence-electron chi connectivity index (χ0n) is 9.53. The van der Waals surface area contributed by atoms with E-state index in [9.17, 15) is 9.90 Å². The molecule has 3 nitrogen and oxygen atoms in total. The molecular weight excluding hydrogens is 234 g/mol.